The van der Waals surface area contributed by atoms with Crippen LogP contribution in [0, 0.1) is 0 Å². The summed E-state index contributed by atoms with van der Waals surface area (Å²) in [5.41, 5.74) is 12.2. The van der Waals surface area contributed by atoms with Crippen molar-refractivity contribution in [1.29, 1.82) is 0 Å². The molecule has 0 bridgehead atoms. The van der Waals surface area contributed by atoms with Crippen LogP contribution in [0.2, 0.25) is 0 Å². The summed E-state index contributed by atoms with van der Waals surface area (Å²) < 4.78 is 1.48. The fourth-order valence-corrected chi connectivity index (χ4v) is 12.3. The van der Waals surface area contributed by atoms with Crippen LogP contribution in [-0.2, 0) is 23.2 Å². The summed E-state index contributed by atoms with van der Waals surface area (Å²) in [4.78, 5) is 0. The van der Waals surface area contributed by atoms with E-state index in [1.54, 1.807) is 32.6 Å². The molecule has 4 aromatic rings. The van der Waals surface area contributed by atoms with Gasteiger partial charge in [0.2, 0.25) is 0 Å². The van der Waals surface area contributed by atoms with Gasteiger partial charge in [-0.2, -0.15) is 0 Å². The van der Waals surface area contributed by atoms with Crippen molar-refractivity contribution in [3.8, 4) is 11.1 Å². The number of allylic oxidation sites excluding steroid dienone is 2. The molecule has 0 nitrogen and oxygen atoms in total. The van der Waals surface area contributed by atoms with Gasteiger partial charge in [-0.25, -0.2) is 0 Å². The topological polar surface area (TPSA) is 0 Å². The zero-order chi connectivity index (χ0) is 23.1. The van der Waals surface area contributed by atoms with Gasteiger partial charge >= 0.3 is 138 Å². The number of fused-ring (bicyclic) bond motifs is 5. The predicted molar refractivity (Wildman–Crippen MR) is 145 cm³/mol. The SMILES string of the molecule is CC1=Cc2ccccc2[CH]1[Zr][CH]1C(C)=Cc2ccccc21.c1ccc2c(c1)[SiH2]c1ccccc1-2. The maximum atomic E-state index is 2.40. The number of hydrogen-bond donors (Lipinski definition) is 0. The Bertz CT molecular complexity index is 1340. The molecule has 0 saturated heterocycles. The summed E-state index contributed by atoms with van der Waals surface area (Å²) in [5.74, 6) is 0. The first-order valence-corrected chi connectivity index (χ1v) is 16.4. The van der Waals surface area contributed by atoms with Crippen molar-refractivity contribution < 1.29 is 23.2 Å². The summed E-state index contributed by atoms with van der Waals surface area (Å²) in [6.07, 6.45) is 4.81. The van der Waals surface area contributed by atoms with E-state index in [1.165, 1.54) is 22.3 Å². The van der Waals surface area contributed by atoms with Crippen molar-refractivity contribution in [2.24, 2.45) is 0 Å². The smallest absolute Gasteiger partial charge is 0.0627 e. The molecule has 34 heavy (non-hydrogen) atoms. The molecule has 7 rings (SSSR count). The van der Waals surface area contributed by atoms with Crippen LogP contribution in [0.5, 0.6) is 0 Å². The molecule has 2 aliphatic carbocycles. The summed E-state index contributed by atoms with van der Waals surface area (Å²) in [6.45, 7) is 4.65. The van der Waals surface area contributed by atoms with E-state index in [1.807, 2.05) is 0 Å². The van der Waals surface area contributed by atoms with Crippen LogP contribution < -0.4 is 10.4 Å². The Balaban J connectivity index is 0.000000143. The van der Waals surface area contributed by atoms with Crippen molar-refractivity contribution in [2.45, 2.75) is 21.1 Å². The average Bonchev–Trinajstić information content (AvgIpc) is 3.50. The molecule has 2 atom stereocenters. The molecule has 0 amide bonds. The van der Waals surface area contributed by atoms with E-state index in [9.17, 15) is 0 Å². The maximum Gasteiger partial charge on any atom is 0.0891 e. The Morgan fingerprint density at radius 3 is 1.44 bits per heavy atom. The molecule has 3 aliphatic rings. The quantitative estimate of drug-likeness (QED) is 0.239. The van der Waals surface area contributed by atoms with Gasteiger partial charge in [0.1, 0.15) is 0 Å². The second-order valence-electron chi connectivity index (χ2n) is 9.56. The Hall–Kier alpha value is -2.54. The minimum absolute atomic E-state index is 0.160. The fourth-order valence-electron chi connectivity index (χ4n) is 5.65. The van der Waals surface area contributed by atoms with E-state index in [4.69, 9.17) is 0 Å². The van der Waals surface area contributed by atoms with Crippen molar-refractivity contribution in [1.82, 2.24) is 0 Å². The van der Waals surface area contributed by atoms with E-state index < -0.39 is 23.2 Å². The Morgan fingerprint density at radius 2 is 0.941 bits per heavy atom. The minimum Gasteiger partial charge on any atom is -0.0627 e. The molecule has 2 unspecified atom stereocenters. The van der Waals surface area contributed by atoms with Gasteiger partial charge in [0, 0.05) is 0 Å². The third-order valence-electron chi connectivity index (χ3n) is 7.33. The largest absolute Gasteiger partial charge is 0.0891 e. The fraction of sp³-hybridized carbons (Fsp3) is 0.125. The molecule has 0 N–H and O–H groups in total. The van der Waals surface area contributed by atoms with Crippen LogP contribution in [0.15, 0.2) is 108 Å². The zero-order valence-electron chi connectivity index (χ0n) is 19.8. The third-order valence-corrected chi connectivity index (χ3v) is 14.7. The van der Waals surface area contributed by atoms with Gasteiger partial charge in [-0.05, 0) is 11.1 Å². The van der Waals surface area contributed by atoms with Gasteiger partial charge in [0.25, 0.3) is 0 Å². The van der Waals surface area contributed by atoms with Crippen LogP contribution in [0.25, 0.3) is 23.3 Å². The maximum absolute atomic E-state index is 2.40. The number of rotatable bonds is 2. The molecule has 4 aromatic carbocycles. The molecule has 0 radical (unpaired) electrons. The molecule has 0 spiro atoms. The number of benzene rings is 4. The molecule has 164 valence electrons. The summed E-state index contributed by atoms with van der Waals surface area (Å²) in [7, 11) is -0.160. The Labute approximate surface area is 216 Å². The predicted octanol–water partition coefficient (Wildman–Crippen LogP) is 6.17. The summed E-state index contributed by atoms with van der Waals surface area (Å²) in [6, 6.07) is 35.5. The van der Waals surface area contributed by atoms with Crippen LogP contribution in [-0.4, -0.2) is 9.52 Å². The molecule has 0 fully saturated rings. The van der Waals surface area contributed by atoms with Gasteiger partial charge in [-0.15, -0.1) is 0 Å². The molecular weight excluding hydrogens is 504 g/mol. The van der Waals surface area contributed by atoms with E-state index >= 15 is 0 Å². The van der Waals surface area contributed by atoms with Gasteiger partial charge in [0.15, 0.2) is 0 Å². The molecule has 0 saturated carbocycles. The van der Waals surface area contributed by atoms with Crippen molar-refractivity contribution >= 4 is 32.0 Å². The van der Waals surface area contributed by atoms with Crippen LogP contribution in [0.1, 0.15) is 43.4 Å². The first-order chi connectivity index (χ1) is 16.7. The Morgan fingerprint density at radius 1 is 0.529 bits per heavy atom. The van der Waals surface area contributed by atoms with Gasteiger partial charge in [0.05, 0.1) is 9.52 Å². The van der Waals surface area contributed by atoms with Crippen molar-refractivity contribution in [2.75, 3.05) is 0 Å². The van der Waals surface area contributed by atoms with E-state index in [0.29, 0.717) is 0 Å². The average molecular weight is 532 g/mol. The molecule has 1 aliphatic heterocycles. The van der Waals surface area contributed by atoms with Crippen LogP contribution in [0.3, 0.4) is 0 Å². The summed E-state index contributed by atoms with van der Waals surface area (Å²) >= 11 is -0.616. The third kappa shape index (κ3) is 3.98. The van der Waals surface area contributed by atoms with Gasteiger partial charge in [-0.3, -0.25) is 0 Å². The second kappa shape index (κ2) is 9.25. The molecule has 0 aromatic heterocycles. The standard InChI is InChI=1S/C12H10Si.2C10H9.Zr/c1-3-7-11-9(5-1)10-6-2-4-8-12(10)13-11;2*1-8-6-9-4-2-3-5-10(9)7-8;/h1-8H,13H2;2*2-7H,1H3;. The van der Waals surface area contributed by atoms with Gasteiger partial charge in [-0.1, -0.05) is 58.9 Å². The molecular formula is C32H28SiZr. The van der Waals surface area contributed by atoms with E-state index in [-0.39, 0.29) is 9.52 Å². The number of hydrogen-bond acceptors (Lipinski definition) is 0. The van der Waals surface area contributed by atoms with Crippen LogP contribution in [0.4, 0.5) is 0 Å². The van der Waals surface area contributed by atoms with Crippen molar-refractivity contribution in [3.63, 3.8) is 0 Å². The minimum atomic E-state index is -0.616. The van der Waals surface area contributed by atoms with Crippen LogP contribution >= 0.6 is 0 Å². The summed E-state index contributed by atoms with van der Waals surface area (Å²) in [5, 5.41) is 3.20. The Kier molecular flexibility index (Phi) is 5.97. The van der Waals surface area contributed by atoms with E-state index in [2.05, 4.69) is 123 Å². The second-order valence-corrected chi connectivity index (χ2v) is 15.1. The van der Waals surface area contributed by atoms with Crippen molar-refractivity contribution in [3.05, 3.63) is 130 Å². The van der Waals surface area contributed by atoms with E-state index in [0.717, 1.165) is 7.25 Å². The normalized spacial score (nSPS) is 18.5. The first kappa shape index (κ1) is 22.0. The molecule has 1 heterocycles. The van der Waals surface area contributed by atoms with Gasteiger partial charge < -0.3 is 0 Å². The monoisotopic (exact) mass is 530 g/mol. The first-order valence-electron chi connectivity index (χ1n) is 12.2. The zero-order valence-corrected chi connectivity index (χ0v) is 23.6. The molecule has 2 heteroatoms.